The first-order valence-corrected chi connectivity index (χ1v) is 16.3. The lowest BCUT2D eigenvalue weighted by atomic mass is 9.78. The lowest BCUT2D eigenvalue weighted by molar-refractivity contribution is 0.250. The lowest BCUT2D eigenvalue weighted by Gasteiger charge is -2.29. The number of aliphatic hydroxyl groups excluding tert-OH is 1. The number of aliphatic imine (C=N–C) groups is 3. The third-order valence-corrected chi connectivity index (χ3v) is 10.0. The molecule has 5 rings (SSSR count). The van der Waals surface area contributed by atoms with Gasteiger partial charge in [-0.05, 0) is 103 Å². The summed E-state index contributed by atoms with van der Waals surface area (Å²) >= 11 is 7.37. The van der Waals surface area contributed by atoms with E-state index in [-0.39, 0.29) is 0 Å². The van der Waals surface area contributed by atoms with Gasteiger partial charge < -0.3 is 10.4 Å². The van der Waals surface area contributed by atoms with Gasteiger partial charge in [-0.1, -0.05) is 67.0 Å². The number of fused-ring (bicyclic) bond motifs is 5. The van der Waals surface area contributed by atoms with Gasteiger partial charge in [0.15, 0.2) is 0 Å². The SMILES string of the molecule is CCC1=C(CC)C2=NC1=CC1=C(O)C(CC)(CC)C(=C(Cl)C3=NC(=CC4=NC(=C2)C(CC)=C4CC)C(CC)=C3CC)N1. The number of nitrogens with zero attached hydrogens (tertiary/aromatic N) is 3. The molecular formula is C36H45ClN4O. The molecule has 5 heterocycles. The molecule has 5 aliphatic heterocycles. The van der Waals surface area contributed by atoms with Crippen molar-refractivity contribution in [2.45, 2.75) is 107 Å². The summed E-state index contributed by atoms with van der Waals surface area (Å²) in [6.07, 6.45) is 13.0. The van der Waals surface area contributed by atoms with Gasteiger partial charge in [0, 0.05) is 0 Å². The average molecular weight is 585 g/mol. The molecule has 0 saturated carbocycles. The molecular weight excluding hydrogens is 540 g/mol. The molecule has 8 bridgehead atoms. The van der Waals surface area contributed by atoms with Gasteiger partial charge in [0.1, 0.15) is 5.76 Å². The molecule has 5 aliphatic rings. The van der Waals surface area contributed by atoms with Crippen molar-refractivity contribution < 1.29 is 5.11 Å². The normalized spacial score (nSPS) is 21.6. The Morgan fingerprint density at radius 2 is 1.05 bits per heavy atom. The second-order valence-corrected chi connectivity index (χ2v) is 11.8. The average Bonchev–Trinajstić information content (AvgIpc) is 3.71. The lowest BCUT2D eigenvalue weighted by Crippen LogP contribution is -2.26. The van der Waals surface area contributed by atoms with Crippen molar-refractivity contribution in [2.75, 3.05) is 0 Å². The molecule has 0 radical (unpaired) electrons. The molecule has 0 atom stereocenters. The number of halogens is 1. The molecule has 222 valence electrons. The van der Waals surface area contributed by atoms with E-state index >= 15 is 0 Å². The van der Waals surface area contributed by atoms with Gasteiger partial charge in [0.25, 0.3) is 0 Å². The van der Waals surface area contributed by atoms with Crippen molar-refractivity contribution in [3.63, 3.8) is 0 Å². The van der Waals surface area contributed by atoms with Crippen LogP contribution in [-0.2, 0) is 0 Å². The smallest absolute Gasteiger partial charge is 0.128 e. The summed E-state index contributed by atoms with van der Waals surface area (Å²) in [6, 6.07) is 0. The molecule has 5 nitrogen and oxygen atoms in total. The van der Waals surface area contributed by atoms with Crippen LogP contribution in [0.15, 0.2) is 106 Å². The first-order valence-electron chi connectivity index (χ1n) is 16.0. The Bertz CT molecular complexity index is 1570. The fourth-order valence-electron chi connectivity index (χ4n) is 7.34. The summed E-state index contributed by atoms with van der Waals surface area (Å²) < 4.78 is 0. The highest BCUT2D eigenvalue weighted by atomic mass is 35.5. The van der Waals surface area contributed by atoms with E-state index in [0.29, 0.717) is 29.3 Å². The Morgan fingerprint density at radius 1 is 0.619 bits per heavy atom. The van der Waals surface area contributed by atoms with E-state index in [9.17, 15) is 5.11 Å². The van der Waals surface area contributed by atoms with Crippen molar-refractivity contribution in [1.29, 1.82) is 0 Å². The Kier molecular flexibility index (Phi) is 8.53. The molecule has 0 spiro atoms. The van der Waals surface area contributed by atoms with Gasteiger partial charge in [-0.15, -0.1) is 0 Å². The van der Waals surface area contributed by atoms with E-state index in [1.165, 1.54) is 33.4 Å². The Hall–Kier alpha value is -3.18. The Labute approximate surface area is 256 Å². The number of rotatable bonds is 8. The van der Waals surface area contributed by atoms with Gasteiger partial charge in [-0.2, -0.15) is 0 Å². The molecule has 0 aliphatic carbocycles. The van der Waals surface area contributed by atoms with E-state index in [0.717, 1.165) is 78.4 Å². The molecule has 0 fully saturated rings. The first kappa shape index (κ1) is 30.3. The topological polar surface area (TPSA) is 69.3 Å². The summed E-state index contributed by atoms with van der Waals surface area (Å²) in [5.41, 5.74) is 13.9. The Morgan fingerprint density at radius 3 is 1.50 bits per heavy atom. The fourth-order valence-corrected chi connectivity index (χ4v) is 7.73. The molecule has 0 aromatic carbocycles. The second-order valence-electron chi connectivity index (χ2n) is 11.4. The van der Waals surface area contributed by atoms with Gasteiger partial charge in [0.2, 0.25) is 0 Å². The quantitative estimate of drug-likeness (QED) is 0.298. The predicted molar refractivity (Wildman–Crippen MR) is 178 cm³/mol. The van der Waals surface area contributed by atoms with E-state index in [1.54, 1.807) is 0 Å². The van der Waals surface area contributed by atoms with Crippen LogP contribution in [0.1, 0.15) is 107 Å². The van der Waals surface area contributed by atoms with Crippen molar-refractivity contribution in [1.82, 2.24) is 5.32 Å². The number of allylic oxidation sites excluding steroid dienone is 10. The number of hydrogen-bond acceptors (Lipinski definition) is 5. The van der Waals surface area contributed by atoms with Crippen LogP contribution in [0.2, 0.25) is 0 Å². The monoisotopic (exact) mass is 584 g/mol. The summed E-state index contributed by atoms with van der Waals surface area (Å²) in [6.45, 7) is 17.4. The number of hydrogen-bond donors (Lipinski definition) is 2. The van der Waals surface area contributed by atoms with E-state index < -0.39 is 5.41 Å². The molecule has 42 heavy (non-hydrogen) atoms. The molecule has 0 unspecified atom stereocenters. The second kappa shape index (κ2) is 11.8. The maximum atomic E-state index is 11.8. The highest BCUT2D eigenvalue weighted by molar-refractivity contribution is 6.47. The number of aliphatic hydroxyl groups is 1. The van der Waals surface area contributed by atoms with Crippen LogP contribution in [0.25, 0.3) is 0 Å². The summed E-state index contributed by atoms with van der Waals surface area (Å²) in [5.74, 6) is 0.327. The van der Waals surface area contributed by atoms with E-state index in [1.807, 2.05) is 6.08 Å². The minimum atomic E-state index is -0.619. The third-order valence-electron chi connectivity index (χ3n) is 9.67. The molecule has 2 N–H and O–H groups in total. The highest BCUT2D eigenvalue weighted by Crippen LogP contribution is 2.50. The fraction of sp³-hybridized carbons (Fsp3) is 0.472. The largest absolute Gasteiger partial charge is 0.509 e. The number of nitrogens with one attached hydrogen (secondary N) is 1. The third kappa shape index (κ3) is 4.47. The standard InChI is InChI=1S/C36H45ClN4O/c1-9-20-21(10-2)28-18-30-24(13-5)25(14-6)33(40-30)32(37)34-36(15-7,16-8)35(42)31(41-34)19-29-23(12-4)22(11-3)27(39-29)17-26(20)38-28/h17-19,41-42H,9-16H2,1-8H3. The molecule has 0 aromatic heterocycles. The van der Waals surface area contributed by atoms with Crippen molar-refractivity contribution in [3.05, 3.63) is 90.9 Å². The first-order chi connectivity index (χ1) is 20.3. The van der Waals surface area contributed by atoms with Crippen LogP contribution in [0.5, 0.6) is 0 Å². The highest BCUT2D eigenvalue weighted by Gasteiger charge is 2.45. The molecule has 0 aromatic rings. The van der Waals surface area contributed by atoms with Crippen LogP contribution in [0, 0.1) is 5.41 Å². The molecule has 6 heteroatoms. The molecule has 0 amide bonds. The van der Waals surface area contributed by atoms with Crippen LogP contribution < -0.4 is 5.32 Å². The van der Waals surface area contributed by atoms with Gasteiger partial charge in [-0.25, -0.2) is 15.0 Å². The minimum Gasteiger partial charge on any atom is -0.509 e. The maximum absolute atomic E-state index is 11.8. The zero-order chi connectivity index (χ0) is 30.3. The summed E-state index contributed by atoms with van der Waals surface area (Å²) in [5, 5.41) is 16.0. The minimum absolute atomic E-state index is 0.327. The predicted octanol–water partition coefficient (Wildman–Crippen LogP) is 9.99. The maximum Gasteiger partial charge on any atom is 0.128 e. The molecule has 0 saturated heterocycles. The van der Waals surface area contributed by atoms with E-state index in [4.69, 9.17) is 26.6 Å². The van der Waals surface area contributed by atoms with Crippen LogP contribution in [0.3, 0.4) is 0 Å². The van der Waals surface area contributed by atoms with Gasteiger partial charge in [0.05, 0.1) is 56.1 Å². The zero-order valence-electron chi connectivity index (χ0n) is 26.6. The summed E-state index contributed by atoms with van der Waals surface area (Å²) in [4.78, 5) is 15.6. The van der Waals surface area contributed by atoms with E-state index in [2.05, 4.69) is 72.9 Å². The zero-order valence-corrected chi connectivity index (χ0v) is 27.3. The van der Waals surface area contributed by atoms with Crippen LogP contribution in [-0.4, -0.2) is 22.2 Å². The van der Waals surface area contributed by atoms with Crippen molar-refractivity contribution in [2.24, 2.45) is 20.4 Å². The van der Waals surface area contributed by atoms with Crippen molar-refractivity contribution in [3.8, 4) is 0 Å². The Balaban J connectivity index is 1.89. The van der Waals surface area contributed by atoms with Crippen molar-refractivity contribution >= 4 is 28.7 Å². The van der Waals surface area contributed by atoms with Crippen LogP contribution in [0.4, 0.5) is 0 Å². The van der Waals surface area contributed by atoms with Gasteiger partial charge >= 0.3 is 0 Å². The van der Waals surface area contributed by atoms with Gasteiger partial charge in [-0.3, -0.25) is 0 Å². The van der Waals surface area contributed by atoms with Crippen LogP contribution >= 0.6 is 11.6 Å². The summed E-state index contributed by atoms with van der Waals surface area (Å²) in [7, 11) is 0.